The van der Waals surface area contributed by atoms with Crippen LogP contribution in [0, 0.1) is 0 Å². The number of halogens is 3. The molecule has 176 valence electrons. The van der Waals surface area contributed by atoms with E-state index in [-0.39, 0.29) is 17.3 Å². The van der Waals surface area contributed by atoms with Crippen molar-refractivity contribution in [1.82, 2.24) is 5.43 Å². The van der Waals surface area contributed by atoms with Crippen LogP contribution >= 0.6 is 34.8 Å². The van der Waals surface area contributed by atoms with E-state index in [2.05, 4.69) is 15.8 Å². The molecular formula is C24H20Cl3N3O4. The second-order valence-electron chi connectivity index (χ2n) is 6.80. The van der Waals surface area contributed by atoms with E-state index in [1.165, 1.54) is 18.3 Å². The average molecular weight is 521 g/mol. The monoisotopic (exact) mass is 519 g/mol. The number of hydrazone groups is 1. The molecule has 10 heteroatoms. The van der Waals surface area contributed by atoms with Crippen molar-refractivity contribution < 1.29 is 19.1 Å². The van der Waals surface area contributed by atoms with E-state index in [0.717, 1.165) is 5.56 Å². The lowest BCUT2D eigenvalue weighted by Gasteiger charge is -2.13. The molecule has 3 aromatic rings. The molecule has 0 saturated heterocycles. The van der Waals surface area contributed by atoms with Crippen molar-refractivity contribution in [2.24, 2.45) is 5.10 Å². The summed E-state index contributed by atoms with van der Waals surface area (Å²) in [5, 5.41) is 7.42. The van der Waals surface area contributed by atoms with Crippen molar-refractivity contribution in [2.45, 2.75) is 13.5 Å². The lowest BCUT2D eigenvalue weighted by Crippen LogP contribution is -2.32. The van der Waals surface area contributed by atoms with Gasteiger partial charge in [-0.05, 0) is 55.0 Å². The number of carbonyl (C=O) groups is 2. The number of amides is 2. The maximum Gasteiger partial charge on any atom is 0.329 e. The van der Waals surface area contributed by atoms with Crippen LogP contribution in [0.3, 0.4) is 0 Å². The lowest BCUT2D eigenvalue weighted by molar-refractivity contribution is -0.136. The molecule has 0 radical (unpaired) electrons. The summed E-state index contributed by atoms with van der Waals surface area (Å²) >= 11 is 18.0. The number of benzene rings is 3. The minimum absolute atomic E-state index is 0.215. The number of nitrogens with one attached hydrogen (secondary N) is 2. The second kappa shape index (κ2) is 12.3. The SMILES string of the molecule is CCOc1cc(/C=N/NC(=O)C(=O)Nc2cc(Cl)ccc2Cl)ccc1OCc1ccccc1Cl. The first-order valence-corrected chi connectivity index (χ1v) is 11.2. The predicted octanol–water partition coefficient (Wildman–Crippen LogP) is 5.71. The highest BCUT2D eigenvalue weighted by Gasteiger charge is 2.15. The van der Waals surface area contributed by atoms with Crippen molar-refractivity contribution in [3.63, 3.8) is 0 Å². The highest BCUT2D eigenvalue weighted by atomic mass is 35.5. The number of nitrogens with zero attached hydrogens (tertiary/aromatic N) is 1. The van der Waals surface area contributed by atoms with Gasteiger partial charge in [0.15, 0.2) is 11.5 Å². The molecule has 0 fully saturated rings. The van der Waals surface area contributed by atoms with Gasteiger partial charge >= 0.3 is 11.8 Å². The van der Waals surface area contributed by atoms with E-state index in [1.54, 1.807) is 30.3 Å². The summed E-state index contributed by atoms with van der Waals surface area (Å²) < 4.78 is 11.5. The van der Waals surface area contributed by atoms with E-state index >= 15 is 0 Å². The maximum absolute atomic E-state index is 12.1. The van der Waals surface area contributed by atoms with E-state index in [4.69, 9.17) is 44.3 Å². The molecule has 34 heavy (non-hydrogen) atoms. The largest absolute Gasteiger partial charge is 0.490 e. The zero-order valence-corrected chi connectivity index (χ0v) is 20.2. The summed E-state index contributed by atoms with van der Waals surface area (Å²) in [7, 11) is 0. The van der Waals surface area contributed by atoms with Gasteiger partial charge in [-0.1, -0.05) is 53.0 Å². The van der Waals surface area contributed by atoms with Gasteiger partial charge in [0.25, 0.3) is 0 Å². The number of rotatable bonds is 8. The Bertz CT molecular complexity index is 1220. The van der Waals surface area contributed by atoms with Crippen LogP contribution < -0.4 is 20.2 Å². The van der Waals surface area contributed by atoms with E-state index in [1.807, 2.05) is 25.1 Å². The Kier molecular flexibility index (Phi) is 9.16. The van der Waals surface area contributed by atoms with Crippen LogP contribution in [0.4, 0.5) is 5.69 Å². The third kappa shape index (κ3) is 7.12. The summed E-state index contributed by atoms with van der Waals surface area (Å²) in [5.41, 5.74) is 3.84. The highest BCUT2D eigenvalue weighted by molar-refractivity contribution is 6.42. The third-order valence-electron chi connectivity index (χ3n) is 4.37. The van der Waals surface area contributed by atoms with Crippen LogP contribution in [-0.4, -0.2) is 24.6 Å². The van der Waals surface area contributed by atoms with Crippen LogP contribution in [0.1, 0.15) is 18.1 Å². The van der Waals surface area contributed by atoms with Gasteiger partial charge in [0, 0.05) is 15.6 Å². The second-order valence-corrected chi connectivity index (χ2v) is 8.05. The van der Waals surface area contributed by atoms with Gasteiger partial charge in [0.2, 0.25) is 0 Å². The minimum Gasteiger partial charge on any atom is -0.490 e. The first-order valence-electron chi connectivity index (χ1n) is 10.1. The maximum atomic E-state index is 12.1. The van der Waals surface area contributed by atoms with Crippen LogP contribution in [0.2, 0.25) is 15.1 Å². The van der Waals surface area contributed by atoms with Crippen molar-refractivity contribution in [1.29, 1.82) is 0 Å². The zero-order chi connectivity index (χ0) is 24.5. The Hall–Kier alpha value is -3.26. The van der Waals surface area contributed by atoms with Crippen molar-refractivity contribution in [3.8, 4) is 11.5 Å². The minimum atomic E-state index is -0.975. The van der Waals surface area contributed by atoms with Crippen molar-refractivity contribution in [3.05, 3.63) is 86.9 Å². The molecule has 0 aliphatic rings. The lowest BCUT2D eigenvalue weighted by atomic mass is 10.2. The molecule has 0 bridgehead atoms. The van der Waals surface area contributed by atoms with Gasteiger partial charge in [-0.2, -0.15) is 5.10 Å². The third-order valence-corrected chi connectivity index (χ3v) is 5.30. The van der Waals surface area contributed by atoms with Crippen molar-refractivity contribution in [2.75, 3.05) is 11.9 Å². The summed E-state index contributed by atoms with van der Waals surface area (Å²) in [6.07, 6.45) is 1.37. The molecule has 0 unspecified atom stereocenters. The number of ether oxygens (including phenoxy) is 2. The molecule has 0 aliphatic carbocycles. The number of anilines is 1. The van der Waals surface area contributed by atoms with E-state index in [0.29, 0.717) is 33.7 Å². The van der Waals surface area contributed by atoms with Gasteiger partial charge in [0.1, 0.15) is 6.61 Å². The standard InChI is InChI=1S/C24H20Cl3N3O4/c1-2-33-22-11-15(7-10-21(22)34-14-16-5-3-4-6-18(16)26)13-28-30-24(32)23(31)29-20-12-17(25)8-9-19(20)27/h3-13H,2,14H2,1H3,(H,29,31)(H,30,32)/b28-13+. The van der Waals surface area contributed by atoms with Gasteiger partial charge in [-0.15, -0.1) is 0 Å². The number of hydrogen-bond donors (Lipinski definition) is 2. The molecule has 0 saturated carbocycles. The normalized spacial score (nSPS) is 10.7. The molecule has 2 N–H and O–H groups in total. The van der Waals surface area contributed by atoms with Crippen LogP contribution in [0.5, 0.6) is 11.5 Å². The smallest absolute Gasteiger partial charge is 0.329 e. The number of carbonyl (C=O) groups excluding carboxylic acids is 2. The fourth-order valence-corrected chi connectivity index (χ4v) is 3.28. The topological polar surface area (TPSA) is 89.0 Å². The van der Waals surface area contributed by atoms with Gasteiger partial charge in [-0.25, -0.2) is 5.43 Å². The Labute approximate surface area is 211 Å². The van der Waals surface area contributed by atoms with Gasteiger partial charge in [0.05, 0.1) is 23.5 Å². The molecule has 2 amide bonds. The molecule has 3 aromatic carbocycles. The quantitative estimate of drug-likeness (QED) is 0.226. The Morgan fingerprint density at radius 2 is 1.71 bits per heavy atom. The Morgan fingerprint density at radius 1 is 0.912 bits per heavy atom. The van der Waals surface area contributed by atoms with Crippen LogP contribution in [-0.2, 0) is 16.2 Å². The molecule has 3 rings (SSSR count). The summed E-state index contributed by atoms with van der Waals surface area (Å²) in [5.74, 6) is -0.893. The molecule has 0 aromatic heterocycles. The summed E-state index contributed by atoms with van der Waals surface area (Å²) in [4.78, 5) is 24.1. The first kappa shape index (κ1) is 25.4. The van der Waals surface area contributed by atoms with Gasteiger partial charge < -0.3 is 14.8 Å². The summed E-state index contributed by atoms with van der Waals surface area (Å²) in [6.45, 7) is 2.55. The van der Waals surface area contributed by atoms with Crippen LogP contribution in [0.15, 0.2) is 65.8 Å². The van der Waals surface area contributed by atoms with Gasteiger partial charge in [-0.3, -0.25) is 9.59 Å². The molecule has 0 aliphatic heterocycles. The van der Waals surface area contributed by atoms with E-state index in [9.17, 15) is 9.59 Å². The molecular weight excluding hydrogens is 501 g/mol. The van der Waals surface area contributed by atoms with Crippen LogP contribution in [0.25, 0.3) is 0 Å². The predicted molar refractivity (Wildman–Crippen MR) is 134 cm³/mol. The molecule has 7 nitrogen and oxygen atoms in total. The fourth-order valence-electron chi connectivity index (χ4n) is 2.75. The summed E-state index contributed by atoms with van der Waals surface area (Å²) in [6, 6.07) is 17.1. The zero-order valence-electron chi connectivity index (χ0n) is 18.0. The Balaban J connectivity index is 1.61. The van der Waals surface area contributed by atoms with Crippen molar-refractivity contribution >= 4 is 58.5 Å². The highest BCUT2D eigenvalue weighted by Crippen LogP contribution is 2.30. The molecule has 0 spiro atoms. The van der Waals surface area contributed by atoms with E-state index < -0.39 is 11.8 Å². The first-order chi connectivity index (χ1) is 16.4. The average Bonchev–Trinajstić information content (AvgIpc) is 2.82. The Morgan fingerprint density at radius 3 is 2.47 bits per heavy atom. The molecule has 0 atom stereocenters. The number of hydrogen-bond acceptors (Lipinski definition) is 5. The molecule has 0 heterocycles. The fraction of sp³-hybridized carbons (Fsp3) is 0.125.